The molecule has 2 heterocycles. The molecule has 0 spiro atoms. The zero-order valence-electron chi connectivity index (χ0n) is 35.4. The molecule has 58 heavy (non-hydrogen) atoms. The zero-order valence-corrected chi connectivity index (χ0v) is 36.4. The van der Waals surface area contributed by atoms with Gasteiger partial charge < -0.3 is 27.9 Å². The van der Waals surface area contributed by atoms with Gasteiger partial charge >= 0.3 is 7.12 Å². The van der Waals surface area contributed by atoms with Crippen LogP contribution in [0.3, 0.4) is 0 Å². The smallest absolute Gasteiger partial charge is 0.399 e. The van der Waals surface area contributed by atoms with Crippen LogP contribution in [0.1, 0.15) is 79.0 Å². The Kier molecular flexibility index (Phi) is 10.6. The summed E-state index contributed by atoms with van der Waals surface area (Å²) in [4.78, 5) is 0. The van der Waals surface area contributed by atoms with Crippen LogP contribution in [0.4, 0.5) is 0 Å². The van der Waals surface area contributed by atoms with Crippen LogP contribution in [0.25, 0.3) is 0 Å². The Morgan fingerprint density at radius 1 is 0.569 bits per heavy atom. The summed E-state index contributed by atoms with van der Waals surface area (Å²) >= 11 is 0. The first-order valence-corrected chi connectivity index (χ1v) is 22.5. The van der Waals surface area contributed by atoms with E-state index in [9.17, 15) is 0 Å². The highest BCUT2D eigenvalue weighted by molar-refractivity contribution is 6.99. The lowest BCUT2D eigenvalue weighted by Gasteiger charge is -2.46. The Balaban J connectivity index is 1.36. The molecule has 0 radical (unpaired) electrons. The minimum atomic E-state index is -3.15. The molecule has 0 saturated carbocycles. The molecule has 1 aliphatic carbocycles. The average Bonchev–Trinajstić information content (AvgIpc) is 3.75. The van der Waals surface area contributed by atoms with E-state index >= 15 is 0 Å². The Morgan fingerprint density at radius 3 is 1.36 bits per heavy atom. The van der Waals surface area contributed by atoms with Gasteiger partial charge in [0, 0.05) is 0 Å². The van der Waals surface area contributed by atoms with Gasteiger partial charge in [0.05, 0.1) is 23.9 Å². The highest BCUT2D eigenvalue weighted by Crippen LogP contribution is 2.51. The molecule has 0 bridgehead atoms. The van der Waals surface area contributed by atoms with E-state index in [0.717, 1.165) is 27.7 Å². The summed E-state index contributed by atoms with van der Waals surface area (Å²) in [6, 6.07) is 53.0. The van der Waals surface area contributed by atoms with E-state index in [4.69, 9.17) is 27.9 Å². The monoisotopic (exact) mass is 792 g/mol. The second-order valence-electron chi connectivity index (χ2n) is 18.4. The molecule has 3 atom stereocenters. The Bertz CT molecular complexity index is 2050. The highest BCUT2D eigenvalue weighted by Gasteiger charge is 2.64. The van der Waals surface area contributed by atoms with E-state index < -0.39 is 56.3 Å². The first kappa shape index (κ1) is 40.7. The zero-order chi connectivity index (χ0) is 41.0. The van der Waals surface area contributed by atoms with Gasteiger partial charge in [-0.2, -0.15) is 0 Å². The van der Waals surface area contributed by atoms with Crippen molar-refractivity contribution in [3.05, 3.63) is 179 Å². The molecule has 0 aromatic heterocycles. The fraction of sp³-hybridized carbons (Fsp3) is 0.360. The van der Waals surface area contributed by atoms with Gasteiger partial charge in [-0.3, -0.25) is 0 Å². The van der Waals surface area contributed by atoms with Gasteiger partial charge in [0.25, 0.3) is 8.32 Å². The predicted molar refractivity (Wildman–Crippen MR) is 235 cm³/mol. The number of hydrogen-bond acceptors (Lipinski definition) is 6. The van der Waals surface area contributed by atoms with Gasteiger partial charge in [0.1, 0.15) is 17.8 Å². The molecule has 6 nitrogen and oxygen atoms in total. The van der Waals surface area contributed by atoms with E-state index in [0.29, 0.717) is 0 Å². The van der Waals surface area contributed by atoms with Crippen molar-refractivity contribution in [1.29, 1.82) is 0 Å². The maximum atomic E-state index is 8.08. The van der Waals surface area contributed by atoms with Crippen molar-refractivity contribution >= 4 is 25.8 Å². The van der Waals surface area contributed by atoms with Crippen molar-refractivity contribution in [3.8, 4) is 0 Å². The number of rotatable bonds is 11. The van der Waals surface area contributed by atoms with Crippen molar-refractivity contribution in [3.63, 3.8) is 0 Å². The molecule has 2 aliphatic heterocycles. The van der Waals surface area contributed by atoms with Crippen LogP contribution < -0.4 is 10.4 Å². The van der Waals surface area contributed by atoms with E-state index in [-0.39, 0.29) is 11.6 Å². The minimum Gasteiger partial charge on any atom is -0.399 e. The molecule has 0 unspecified atom stereocenters. The molecule has 8 rings (SSSR count). The summed E-state index contributed by atoms with van der Waals surface area (Å²) in [6.45, 7) is 19.5. The third-order valence-corrected chi connectivity index (χ3v) is 17.7. The first-order chi connectivity index (χ1) is 27.6. The molecule has 0 N–H and O–H groups in total. The van der Waals surface area contributed by atoms with Crippen LogP contribution in [0.15, 0.2) is 163 Å². The fourth-order valence-electron chi connectivity index (χ4n) is 9.19. The normalized spacial score (nSPS) is 22.6. The Morgan fingerprint density at radius 2 is 0.966 bits per heavy atom. The van der Waals surface area contributed by atoms with Gasteiger partial charge in [-0.25, -0.2) is 0 Å². The molecule has 2 fully saturated rings. The van der Waals surface area contributed by atoms with E-state index in [1.54, 1.807) is 0 Å². The standard InChI is InChI=1S/C50H57BO6Si/c1-46(2,3)58(39-31-21-13-22-32-39,40-33-23-14-24-34-40)55-44-42(51-56-47(4,5)48(6,7)57-51)41(43-45(44)54-49(8,9)53-43)35-52-50(36-25-15-10-16-26-36,37-27-17-11-18-28-37)38-29-19-12-20-30-38/h10-34,43-45H,35H2,1-9H3/t43-,44+,45-/m1/s1. The number of fused-ring (bicyclic) bond motifs is 1. The minimum absolute atomic E-state index is 0.194. The summed E-state index contributed by atoms with van der Waals surface area (Å²) < 4.78 is 43.7. The SMILES string of the molecule is CC1(C)O[C@@H]2[C@H](O1)C(COC(c1ccccc1)(c1ccccc1)c1ccccc1)=C(B1OC(C)(C)C(C)(C)O1)[C@@H]2O[Si](c1ccccc1)(c1ccccc1)C(C)(C)C. The van der Waals surface area contributed by atoms with Crippen LogP contribution in [0.5, 0.6) is 0 Å². The van der Waals surface area contributed by atoms with Crippen LogP contribution in [-0.2, 0) is 33.5 Å². The molecule has 2 saturated heterocycles. The third kappa shape index (κ3) is 6.96. The lowest BCUT2D eigenvalue weighted by Crippen LogP contribution is -2.68. The van der Waals surface area contributed by atoms with Crippen molar-refractivity contribution in [2.24, 2.45) is 0 Å². The van der Waals surface area contributed by atoms with Crippen molar-refractivity contribution < 1.29 is 27.9 Å². The molecule has 5 aromatic rings. The molecular weight excluding hydrogens is 735 g/mol. The van der Waals surface area contributed by atoms with Gasteiger partial charge in [0.15, 0.2) is 5.79 Å². The highest BCUT2D eigenvalue weighted by atomic mass is 28.4. The number of benzene rings is 5. The molecule has 3 aliphatic rings. The van der Waals surface area contributed by atoms with Gasteiger partial charge in [-0.15, -0.1) is 0 Å². The number of ether oxygens (including phenoxy) is 3. The van der Waals surface area contributed by atoms with Crippen molar-refractivity contribution in [2.75, 3.05) is 6.61 Å². The summed E-state index contributed by atoms with van der Waals surface area (Å²) in [5.74, 6) is -0.884. The fourth-order valence-corrected chi connectivity index (χ4v) is 13.8. The third-order valence-electron chi connectivity index (χ3n) is 12.7. The maximum Gasteiger partial charge on any atom is 0.493 e. The van der Waals surface area contributed by atoms with Gasteiger partial charge in [-0.1, -0.05) is 172 Å². The first-order valence-electron chi connectivity index (χ1n) is 20.6. The van der Waals surface area contributed by atoms with Crippen LogP contribution in [0, 0.1) is 0 Å². The van der Waals surface area contributed by atoms with Crippen molar-refractivity contribution in [2.45, 2.75) is 108 Å². The molecular formula is C50H57BO6Si. The summed E-state index contributed by atoms with van der Waals surface area (Å²) in [5.41, 5.74) is 2.65. The molecule has 0 amide bonds. The molecule has 8 heteroatoms. The second kappa shape index (κ2) is 15.2. The van der Waals surface area contributed by atoms with Gasteiger partial charge in [0.2, 0.25) is 0 Å². The number of hydrogen-bond donors (Lipinski definition) is 0. The van der Waals surface area contributed by atoms with E-state index in [1.807, 2.05) is 32.0 Å². The average molecular weight is 793 g/mol. The topological polar surface area (TPSA) is 55.4 Å². The Labute approximate surface area is 346 Å². The summed E-state index contributed by atoms with van der Waals surface area (Å²) in [6.07, 6.45) is -1.58. The molecule has 5 aromatic carbocycles. The van der Waals surface area contributed by atoms with Crippen molar-refractivity contribution in [1.82, 2.24) is 0 Å². The largest absolute Gasteiger partial charge is 0.493 e. The van der Waals surface area contributed by atoms with E-state index in [1.165, 1.54) is 10.4 Å². The second-order valence-corrected chi connectivity index (χ2v) is 22.6. The lowest BCUT2D eigenvalue weighted by atomic mass is 9.74. The molecule has 300 valence electrons. The maximum absolute atomic E-state index is 8.08. The lowest BCUT2D eigenvalue weighted by molar-refractivity contribution is -0.153. The van der Waals surface area contributed by atoms with Crippen LogP contribution >= 0.6 is 0 Å². The van der Waals surface area contributed by atoms with Gasteiger partial charge in [-0.05, 0) is 84.7 Å². The van der Waals surface area contributed by atoms with Crippen LogP contribution in [-0.4, -0.2) is 57.3 Å². The Hall–Kier alpha value is -4.12. The van der Waals surface area contributed by atoms with E-state index in [2.05, 4.69) is 182 Å². The summed E-state index contributed by atoms with van der Waals surface area (Å²) in [7, 11) is -3.90. The summed E-state index contributed by atoms with van der Waals surface area (Å²) in [5, 5.41) is 2.05. The quantitative estimate of drug-likeness (QED) is 0.0982. The predicted octanol–water partition coefficient (Wildman–Crippen LogP) is 9.40. The van der Waals surface area contributed by atoms with Crippen LogP contribution in [0.2, 0.25) is 5.04 Å².